The average molecular weight is 538 g/mol. The van der Waals surface area contributed by atoms with Gasteiger partial charge >= 0.3 is 0 Å². The van der Waals surface area contributed by atoms with Gasteiger partial charge in [-0.3, -0.25) is 4.57 Å². The predicted molar refractivity (Wildman–Crippen MR) is 174 cm³/mol. The molecule has 0 bridgehead atoms. The average Bonchev–Trinajstić information content (AvgIpc) is 3.36. The molecule has 3 nitrogen and oxygen atoms in total. The summed E-state index contributed by atoms with van der Waals surface area (Å²) in [5.41, 5.74) is 10.5. The van der Waals surface area contributed by atoms with Crippen LogP contribution in [-0.2, 0) is 5.41 Å². The molecular weight excluding hydrogens is 510 g/mol. The Labute approximate surface area is 243 Å². The van der Waals surface area contributed by atoms with E-state index in [4.69, 9.17) is 9.97 Å². The number of fused-ring (bicyclic) bond motifs is 7. The van der Waals surface area contributed by atoms with E-state index in [9.17, 15) is 0 Å². The zero-order chi connectivity index (χ0) is 28.0. The van der Waals surface area contributed by atoms with Crippen LogP contribution in [0.2, 0.25) is 0 Å². The molecule has 0 radical (unpaired) electrons. The van der Waals surface area contributed by atoms with Gasteiger partial charge in [-0.05, 0) is 45.7 Å². The van der Waals surface area contributed by atoms with Gasteiger partial charge in [-0.2, -0.15) is 0 Å². The first-order valence-corrected chi connectivity index (χ1v) is 14.5. The topological polar surface area (TPSA) is 30.7 Å². The van der Waals surface area contributed by atoms with Crippen LogP contribution in [0.1, 0.15) is 25.0 Å². The van der Waals surface area contributed by atoms with Crippen LogP contribution in [0, 0.1) is 0 Å². The lowest BCUT2D eigenvalue weighted by atomic mass is 9.68. The molecule has 0 unspecified atom stereocenters. The van der Waals surface area contributed by atoms with Crippen LogP contribution in [0.4, 0.5) is 0 Å². The first-order valence-electron chi connectivity index (χ1n) is 14.5. The van der Waals surface area contributed by atoms with E-state index in [1.54, 1.807) is 0 Å². The lowest BCUT2D eigenvalue weighted by Gasteiger charge is -2.35. The van der Waals surface area contributed by atoms with Crippen molar-refractivity contribution in [1.29, 1.82) is 0 Å². The number of hydrogen-bond donors (Lipinski definition) is 0. The molecule has 0 fully saturated rings. The van der Waals surface area contributed by atoms with Gasteiger partial charge in [0.2, 0.25) is 5.95 Å². The fourth-order valence-corrected chi connectivity index (χ4v) is 7.28. The fourth-order valence-electron chi connectivity index (χ4n) is 7.28. The van der Waals surface area contributed by atoms with Crippen molar-refractivity contribution in [2.45, 2.75) is 19.3 Å². The lowest BCUT2D eigenvalue weighted by molar-refractivity contribution is 0.645. The summed E-state index contributed by atoms with van der Waals surface area (Å²) in [6, 6.07) is 45.5. The minimum Gasteiger partial charge on any atom is -0.278 e. The van der Waals surface area contributed by atoms with Crippen LogP contribution >= 0.6 is 0 Å². The van der Waals surface area contributed by atoms with Gasteiger partial charge in [-0.1, -0.05) is 123 Å². The predicted octanol–water partition coefficient (Wildman–Crippen LogP) is 9.85. The van der Waals surface area contributed by atoms with Crippen molar-refractivity contribution >= 4 is 43.5 Å². The van der Waals surface area contributed by atoms with E-state index < -0.39 is 0 Å². The van der Waals surface area contributed by atoms with Gasteiger partial charge in [-0.25, -0.2) is 9.97 Å². The molecule has 0 spiro atoms. The highest BCUT2D eigenvalue weighted by molar-refractivity contribution is 6.24. The summed E-state index contributed by atoms with van der Waals surface area (Å²) < 4.78 is 2.27. The van der Waals surface area contributed by atoms with Gasteiger partial charge in [0, 0.05) is 32.7 Å². The molecule has 0 amide bonds. The Kier molecular flexibility index (Phi) is 4.67. The van der Waals surface area contributed by atoms with Crippen LogP contribution in [-0.4, -0.2) is 14.5 Å². The van der Waals surface area contributed by atoms with Gasteiger partial charge < -0.3 is 0 Å². The van der Waals surface area contributed by atoms with E-state index in [1.165, 1.54) is 43.8 Å². The highest BCUT2D eigenvalue weighted by Crippen LogP contribution is 2.52. The lowest BCUT2D eigenvalue weighted by Crippen LogP contribution is -2.23. The maximum atomic E-state index is 5.30. The highest BCUT2D eigenvalue weighted by Gasteiger charge is 2.35. The molecular formula is C39H27N3. The molecule has 1 aliphatic carbocycles. The molecule has 0 saturated heterocycles. The normalized spacial score (nSPS) is 13.7. The summed E-state index contributed by atoms with van der Waals surface area (Å²) in [5.74, 6) is 0.686. The van der Waals surface area contributed by atoms with Crippen molar-refractivity contribution in [3.8, 4) is 28.3 Å². The second kappa shape index (κ2) is 8.37. The number of aromatic nitrogens is 3. The highest BCUT2D eigenvalue weighted by atomic mass is 15.2. The molecule has 9 rings (SSSR count). The zero-order valence-electron chi connectivity index (χ0n) is 23.5. The van der Waals surface area contributed by atoms with Crippen molar-refractivity contribution in [2.24, 2.45) is 0 Å². The molecule has 0 aliphatic heterocycles. The van der Waals surface area contributed by atoms with Gasteiger partial charge in [0.05, 0.1) is 22.2 Å². The molecule has 3 heteroatoms. The summed E-state index contributed by atoms with van der Waals surface area (Å²) in [7, 11) is 0. The first kappa shape index (κ1) is 23.4. The third-order valence-corrected chi connectivity index (χ3v) is 9.18. The van der Waals surface area contributed by atoms with Crippen molar-refractivity contribution < 1.29 is 0 Å². The molecule has 0 atom stereocenters. The fraction of sp³-hybridized carbons (Fsp3) is 0.0769. The smallest absolute Gasteiger partial charge is 0.235 e. The van der Waals surface area contributed by atoms with E-state index in [2.05, 4.69) is 140 Å². The summed E-state index contributed by atoms with van der Waals surface area (Å²) in [5, 5.41) is 6.11. The van der Waals surface area contributed by atoms with Crippen molar-refractivity contribution in [3.05, 3.63) is 139 Å². The molecule has 2 heterocycles. The maximum absolute atomic E-state index is 5.30. The summed E-state index contributed by atoms with van der Waals surface area (Å²) in [6.45, 7) is 4.70. The van der Waals surface area contributed by atoms with Crippen molar-refractivity contribution in [2.75, 3.05) is 0 Å². The molecule has 0 saturated carbocycles. The van der Waals surface area contributed by atoms with Gasteiger partial charge in [0.1, 0.15) is 0 Å². The van der Waals surface area contributed by atoms with E-state index >= 15 is 0 Å². The third kappa shape index (κ3) is 3.05. The number of nitrogens with zero attached hydrogens (tertiary/aromatic N) is 3. The standard InChI is InChI=1S/C39H27N3/c1-39(2)29-19-9-6-16-26(29)36-34-25(15-12-20-30(34)39)23-33-35(36)28-18-8-11-22-32(28)42(33)38-40-31-21-10-7-17-27(31)37(41-38)24-13-4-3-5-14-24/h3-23H,1-2H3. The van der Waals surface area contributed by atoms with E-state index in [0.29, 0.717) is 5.95 Å². The Morgan fingerprint density at radius 2 is 1.29 bits per heavy atom. The number of hydrogen-bond acceptors (Lipinski definition) is 2. The number of rotatable bonds is 2. The van der Waals surface area contributed by atoms with Gasteiger partial charge in [-0.15, -0.1) is 0 Å². The Morgan fingerprint density at radius 1 is 0.571 bits per heavy atom. The molecule has 8 aromatic rings. The Bertz CT molecular complexity index is 2380. The molecule has 6 aromatic carbocycles. The van der Waals surface area contributed by atoms with Crippen molar-refractivity contribution in [3.63, 3.8) is 0 Å². The summed E-state index contributed by atoms with van der Waals surface area (Å²) >= 11 is 0. The van der Waals surface area contributed by atoms with Gasteiger partial charge in [0.25, 0.3) is 0 Å². The summed E-state index contributed by atoms with van der Waals surface area (Å²) in [6.07, 6.45) is 0. The number of benzene rings is 6. The Hall–Kier alpha value is -5.28. The van der Waals surface area contributed by atoms with Crippen LogP contribution in [0.5, 0.6) is 0 Å². The molecule has 198 valence electrons. The van der Waals surface area contributed by atoms with Crippen LogP contribution in [0.15, 0.2) is 127 Å². The minimum absolute atomic E-state index is 0.0960. The third-order valence-electron chi connectivity index (χ3n) is 9.18. The van der Waals surface area contributed by atoms with Crippen LogP contribution < -0.4 is 0 Å². The van der Waals surface area contributed by atoms with Crippen LogP contribution in [0.3, 0.4) is 0 Å². The van der Waals surface area contributed by atoms with E-state index in [-0.39, 0.29) is 5.41 Å². The summed E-state index contributed by atoms with van der Waals surface area (Å²) in [4.78, 5) is 10.5. The quantitative estimate of drug-likeness (QED) is 0.220. The largest absolute Gasteiger partial charge is 0.278 e. The van der Waals surface area contributed by atoms with Crippen molar-refractivity contribution in [1.82, 2.24) is 14.5 Å². The van der Waals surface area contributed by atoms with Gasteiger partial charge in [0.15, 0.2) is 0 Å². The molecule has 1 aliphatic rings. The maximum Gasteiger partial charge on any atom is 0.235 e. The second-order valence-corrected chi connectivity index (χ2v) is 11.8. The minimum atomic E-state index is -0.0960. The second-order valence-electron chi connectivity index (χ2n) is 11.8. The Balaban J connectivity index is 1.48. The van der Waals surface area contributed by atoms with Crippen LogP contribution in [0.25, 0.3) is 71.8 Å². The molecule has 42 heavy (non-hydrogen) atoms. The monoisotopic (exact) mass is 537 g/mol. The first-order chi connectivity index (χ1) is 20.6. The molecule has 2 aromatic heterocycles. The SMILES string of the molecule is CC1(C)c2ccccc2-c2c3c1cccc3cc1c2c2ccccc2n1-c1nc(-c2ccccc2)c2ccccc2n1. The number of para-hydroxylation sites is 2. The van der Waals surface area contributed by atoms with E-state index in [0.717, 1.165) is 33.2 Å². The zero-order valence-corrected chi connectivity index (χ0v) is 23.5. The molecule has 0 N–H and O–H groups in total. The Morgan fingerprint density at radius 3 is 2.17 bits per heavy atom. The van der Waals surface area contributed by atoms with E-state index in [1.807, 2.05) is 6.07 Å².